The highest BCUT2D eigenvalue weighted by Crippen LogP contribution is 2.24. The van der Waals surface area contributed by atoms with Crippen LogP contribution in [0.25, 0.3) is 28.5 Å². The maximum Gasteiger partial charge on any atom is 0.350 e. The molecule has 0 radical (unpaired) electrons. The number of nitrogens with one attached hydrogen (secondary N) is 1. The lowest BCUT2D eigenvalue weighted by atomic mass is 10.2. The van der Waals surface area contributed by atoms with Gasteiger partial charge in [-0.05, 0) is 25.0 Å². The molecule has 1 N–H and O–H groups in total. The van der Waals surface area contributed by atoms with E-state index in [1.807, 2.05) is 30.3 Å². The molecule has 4 aromatic rings. The van der Waals surface area contributed by atoms with Gasteiger partial charge in [0.2, 0.25) is 11.7 Å². The van der Waals surface area contributed by atoms with Crippen molar-refractivity contribution in [3.8, 4) is 22.8 Å². The summed E-state index contributed by atoms with van der Waals surface area (Å²) in [4.78, 5) is 29.5. The van der Waals surface area contributed by atoms with E-state index < -0.39 is 5.69 Å². The number of hydrogen-bond acceptors (Lipinski definition) is 7. The molecule has 31 heavy (non-hydrogen) atoms. The predicted molar refractivity (Wildman–Crippen MR) is 110 cm³/mol. The molecule has 10 heteroatoms. The number of aromatic nitrogens is 5. The molecule has 1 atom stereocenters. The summed E-state index contributed by atoms with van der Waals surface area (Å²) in [5.74, 6) is 0.379. The van der Waals surface area contributed by atoms with E-state index in [4.69, 9.17) is 9.26 Å². The van der Waals surface area contributed by atoms with Crippen LogP contribution in [0, 0.1) is 0 Å². The third kappa shape index (κ3) is 3.84. The molecule has 0 spiro atoms. The fourth-order valence-electron chi connectivity index (χ4n) is 3.57. The summed E-state index contributed by atoms with van der Waals surface area (Å²) in [6.07, 6.45) is 3.54. The van der Waals surface area contributed by atoms with Crippen molar-refractivity contribution >= 4 is 11.6 Å². The van der Waals surface area contributed by atoms with Gasteiger partial charge >= 0.3 is 5.69 Å². The van der Waals surface area contributed by atoms with Gasteiger partial charge in [-0.3, -0.25) is 4.79 Å². The molecule has 0 aliphatic carbocycles. The van der Waals surface area contributed by atoms with Crippen molar-refractivity contribution in [2.45, 2.75) is 25.5 Å². The summed E-state index contributed by atoms with van der Waals surface area (Å²) in [7, 11) is 0. The molecule has 1 amide bonds. The molecule has 1 fully saturated rings. The zero-order valence-corrected chi connectivity index (χ0v) is 16.6. The summed E-state index contributed by atoms with van der Waals surface area (Å²) >= 11 is 0. The lowest BCUT2D eigenvalue weighted by molar-refractivity contribution is -0.122. The minimum absolute atomic E-state index is 0.0321. The number of pyridine rings is 1. The number of fused-ring (bicyclic) bond motifs is 1. The molecule has 5 rings (SSSR count). The first-order valence-electron chi connectivity index (χ1n) is 10.0. The Kier molecular flexibility index (Phi) is 5.04. The third-order valence-electron chi connectivity index (χ3n) is 5.14. The van der Waals surface area contributed by atoms with Gasteiger partial charge in [0.05, 0.1) is 11.7 Å². The van der Waals surface area contributed by atoms with Crippen LogP contribution in [-0.4, -0.2) is 49.5 Å². The molecule has 1 aliphatic heterocycles. The van der Waals surface area contributed by atoms with Crippen LogP contribution in [-0.2, 0) is 16.1 Å². The van der Waals surface area contributed by atoms with Crippen LogP contribution >= 0.6 is 0 Å². The number of ether oxygens (including phenoxy) is 1. The first kappa shape index (κ1) is 19.2. The minimum Gasteiger partial charge on any atom is -0.376 e. The molecule has 4 heterocycles. The zero-order valence-electron chi connectivity index (χ0n) is 16.6. The minimum atomic E-state index is -0.424. The zero-order chi connectivity index (χ0) is 21.2. The molecule has 0 unspecified atom stereocenters. The van der Waals surface area contributed by atoms with Crippen molar-refractivity contribution in [1.82, 2.24) is 29.6 Å². The maximum atomic E-state index is 12.7. The van der Waals surface area contributed by atoms with E-state index in [-0.39, 0.29) is 24.4 Å². The Bertz CT molecular complexity index is 1270. The van der Waals surface area contributed by atoms with Crippen molar-refractivity contribution in [2.75, 3.05) is 13.2 Å². The second-order valence-electron chi connectivity index (χ2n) is 7.28. The van der Waals surface area contributed by atoms with Crippen LogP contribution < -0.4 is 11.0 Å². The number of rotatable bonds is 6. The first-order chi connectivity index (χ1) is 15.2. The Morgan fingerprint density at radius 1 is 1.19 bits per heavy atom. The van der Waals surface area contributed by atoms with Gasteiger partial charge in [-0.2, -0.15) is 4.98 Å². The fourth-order valence-corrected chi connectivity index (χ4v) is 3.57. The van der Waals surface area contributed by atoms with E-state index in [0.717, 1.165) is 29.7 Å². The highest BCUT2D eigenvalue weighted by molar-refractivity contribution is 5.76. The Morgan fingerprint density at radius 2 is 2.06 bits per heavy atom. The number of benzene rings is 1. The second kappa shape index (κ2) is 8.15. The summed E-state index contributed by atoms with van der Waals surface area (Å²) < 4.78 is 13.4. The first-order valence-corrected chi connectivity index (χ1v) is 10.0. The number of hydrogen-bond donors (Lipinski definition) is 1. The predicted octanol–water partition coefficient (Wildman–Crippen LogP) is 1.51. The lowest BCUT2D eigenvalue weighted by Gasteiger charge is -2.10. The van der Waals surface area contributed by atoms with Crippen LogP contribution in [0.2, 0.25) is 0 Å². The normalized spacial score (nSPS) is 16.1. The molecular formula is C21H20N6O4. The van der Waals surface area contributed by atoms with Crippen molar-refractivity contribution in [1.29, 1.82) is 0 Å². The van der Waals surface area contributed by atoms with Gasteiger partial charge in [0.15, 0.2) is 5.65 Å². The smallest absolute Gasteiger partial charge is 0.350 e. The van der Waals surface area contributed by atoms with Gasteiger partial charge in [0, 0.05) is 24.9 Å². The largest absolute Gasteiger partial charge is 0.376 e. The van der Waals surface area contributed by atoms with Crippen LogP contribution in [0.5, 0.6) is 0 Å². The van der Waals surface area contributed by atoms with Gasteiger partial charge in [0.25, 0.3) is 5.89 Å². The maximum absolute atomic E-state index is 12.7. The monoisotopic (exact) mass is 420 g/mol. The van der Waals surface area contributed by atoms with Crippen LogP contribution in [0.3, 0.4) is 0 Å². The van der Waals surface area contributed by atoms with Gasteiger partial charge in [-0.1, -0.05) is 35.5 Å². The highest BCUT2D eigenvalue weighted by atomic mass is 16.5. The van der Waals surface area contributed by atoms with Gasteiger partial charge in [-0.25, -0.2) is 13.9 Å². The fraction of sp³-hybridized carbons (Fsp3) is 0.286. The molecule has 158 valence electrons. The molecule has 3 aromatic heterocycles. The Labute approximate surface area is 176 Å². The molecule has 0 bridgehead atoms. The second-order valence-corrected chi connectivity index (χ2v) is 7.28. The third-order valence-corrected chi connectivity index (χ3v) is 5.14. The summed E-state index contributed by atoms with van der Waals surface area (Å²) in [6.45, 7) is 0.957. The van der Waals surface area contributed by atoms with E-state index in [1.54, 1.807) is 18.3 Å². The molecule has 1 saturated heterocycles. The molecule has 10 nitrogen and oxygen atoms in total. The molecule has 0 saturated carbocycles. The highest BCUT2D eigenvalue weighted by Gasteiger charge is 2.20. The van der Waals surface area contributed by atoms with Crippen molar-refractivity contribution < 1.29 is 14.1 Å². The van der Waals surface area contributed by atoms with E-state index in [9.17, 15) is 9.59 Å². The molecule has 1 aliphatic rings. The summed E-state index contributed by atoms with van der Waals surface area (Å²) in [5, 5.41) is 11.2. The Balaban J connectivity index is 1.40. The lowest BCUT2D eigenvalue weighted by Crippen LogP contribution is -2.36. The Hall–Kier alpha value is -3.79. The quantitative estimate of drug-likeness (QED) is 0.502. The average Bonchev–Trinajstić information content (AvgIpc) is 3.55. The van der Waals surface area contributed by atoms with Crippen molar-refractivity contribution in [2.24, 2.45) is 0 Å². The van der Waals surface area contributed by atoms with E-state index in [2.05, 4.69) is 20.6 Å². The van der Waals surface area contributed by atoms with Gasteiger partial charge in [0.1, 0.15) is 6.54 Å². The van der Waals surface area contributed by atoms with Gasteiger partial charge in [-0.15, -0.1) is 5.10 Å². The summed E-state index contributed by atoms with van der Waals surface area (Å²) in [5.41, 5.74) is 1.23. The number of carbonyl (C=O) groups excluding carboxylic acids is 1. The van der Waals surface area contributed by atoms with E-state index >= 15 is 0 Å². The number of carbonyl (C=O) groups is 1. The van der Waals surface area contributed by atoms with Gasteiger partial charge < -0.3 is 14.6 Å². The Morgan fingerprint density at radius 3 is 2.87 bits per heavy atom. The SMILES string of the molecule is O=C(Cn1nc2c(-c3nc(-c4ccccc4)no3)cccn2c1=O)NC[C@H]1CCCO1. The van der Waals surface area contributed by atoms with Crippen molar-refractivity contribution in [3.05, 3.63) is 59.1 Å². The van der Waals surface area contributed by atoms with Crippen LogP contribution in [0.15, 0.2) is 58.0 Å². The standard InChI is InChI=1S/C21H20N6O4/c28-17(22-12-15-8-5-11-30-15)13-27-21(29)26-10-4-9-16(19(26)24-27)20-23-18(25-31-20)14-6-2-1-3-7-14/h1-4,6-7,9-10,15H,5,8,11-13H2,(H,22,28)/t15-/m1/s1. The van der Waals surface area contributed by atoms with Crippen LogP contribution in [0.4, 0.5) is 0 Å². The van der Waals surface area contributed by atoms with E-state index in [1.165, 1.54) is 4.40 Å². The number of amides is 1. The molecule has 1 aromatic carbocycles. The topological polar surface area (TPSA) is 117 Å². The van der Waals surface area contributed by atoms with Crippen molar-refractivity contribution in [3.63, 3.8) is 0 Å². The van der Waals surface area contributed by atoms with E-state index in [0.29, 0.717) is 23.6 Å². The number of nitrogens with zero attached hydrogens (tertiary/aromatic N) is 5. The molecular weight excluding hydrogens is 400 g/mol. The average molecular weight is 420 g/mol. The van der Waals surface area contributed by atoms with Crippen LogP contribution in [0.1, 0.15) is 12.8 Å². The summed E-state index contributed by atoms with van der Waals surface area (Å²) in [6, 6.07) is 12.9.